The lowest BCUT2D eigenvalue weighted by molar-refractivity contribution is -0.172. The molecule has 3 aromatic carbocycles. The Morgan fingerprint density at radius 1 is 0.857 bits per heavy atom. The van der Waals surface area contributed by atoms with Crippen molar-refractivity contribution in [3.63, 3.8) is 0 Å². The van der Waals surface area contributed by atoms with Crippen LogP contribution in [-0.4, -0.2) is 35.7 Å². The number of rotatable bonds is 4. The van der Waals surface area contributed by atoms with Crippen LogP contribution in [0.4, 0.5) is 0 Å². The van der Waals surface area contributed by atoms with E-state index in [-0.39, 0.29) is 17.9 Å². The molecule has 0 aliphatic carbocycles. The van der Waals surface area contributed by atoms with Gasteiger partial charge in [0.25, 0.3) is 11.8 Å². The summed E-state index contributed by atoms with van der Waals surface area (Å²) in [6.07, 6.45) is 0. The number of carbonyl (C=O) groups is 2. The molecule has 1 aliphatic heterocycles. The van der Waals surface area contributed by atoms with Crippen molar-refractivity contribution in [3.8, 4) is 0 Å². The molecule has 0 N–H and O–H groups in total. The van der Waals surface area contributed by atoms with Crippen molar-refractivity contribution < 1.29 is 9.59 Å². The van der Waals surface area contributed by atoms with Crippen molar-refractivity contribution in [2.75, 3.05) is 14.1 Å². The third-order valence-electron chi connectivity index (χ3n) is 5.61. The number of carbonyl (C=O) groups excluding carboxylic acids is 2. The highest BCUT2D eigenvalue weighted by Gasteiger charge is 2.64. The molecule has 0 aromatic heterocycles. The van der Waals surface area contributed by atoms with Gasteiger partial charge in [-0.3, -0.25) is 9.59 Å². The zero-order valence-corrected chi connectivity index (χ0v) is 15.9. The minimum atomic E-state index is -1.08. The van der Waals surface area contributed by atoms with Gasteiger partial charge in [-0.05, 0) is 23.3 Å². The molecular formula is C24H22N2O2. The predicted octanol–water partition coefficient (Wildman–Crippen LogP) is 3.87. The van der Waals surface area contributed by atoms with Gasteiger partial charge in [0.2, 0.25) is 0 Å². The van der Waals surface area contributed by atoms with Gasteiger partial charge >= 0.3 is 0 Å². The number of likely N-dealkylation sites (tertiary alicyclic amines) is 1. The number of hydrogen-bond donors (Lipinski definition) is 0. The molecule has 0 spiro atoms. The normalized spacial score (nSPS) is 21.1. The fourth-order valence-corrected chi connectivity index (χ4v) is 4.25. The minimum absolute atomic E-state index is 0.0839. The maximum absolute atomic E-state index is 13.4. The highest BCUT2D eigenvalue weighted by atomic mass is 16.2. The Morgan fingerprint density at radius 2 is 1.36 bits per heavy atom. The highest BCUT2D eigenvalue weighted by Crippen LogP contribution is 2.52. The molecular weight excluding hydrogens is 348 g/mol. The first-order valence-electron chi connectivity index (χ1n) is 9.29. The van der Waals surface area contributed by atoms with Crippen LogP contribution < -0.4 is 0 Å². The number of hydrogen-bond acceptors (Lipinski definition) is 2. The van der Waals surface area contributed by atoms with Crippen molar-refractivity contribution in [1.82, 2.24) is 9.80 Å². The molecule has 0 saturated carbocycles. The van der Waals surface area contributed by atoms with E-state index in [0.29, 0.717) is 5.56 Å². The van der Waals surface area contributed by atoms with E-state index in [4.69, 9.17) is 0 Å². The van der Waals surface area contributed by atoms with Gasteiger partial charge in [-0.1, -0.05) is 78.9 Å². The first kappa shape index (κ1) is 18.0. The van der Waals surface area contributed by atoms with Gasteiger partial charge in [-0.25, -0.2) is 0 Å². The molecule has 28 heavy (non-hydrogen) atoms. The molecule has 4 nitrogen and oxygen atoms in total. The smallest absolute Gasteiger partial charge is 0.256 e. The van der Waals surface area contributed by atoms with Crippen LogP contribution in [0.25, 0.3) is 0 Å². The maximum Gasteiger partial charge on any atom is 0.256 e. The first-order chi connectivity index (χ1) is 13.6. The summed E-state index contributed by atoms with van der Waals surface area (Å²) in [5.74, 6) is -0.258. The predicted molar refractivity (Wildman–Crippen MR) is 109 cm³/mol. The largest absolute Gasteiger partial charge is 0.333 e. The molecule has 1 saturated heterocycles. The van der Waals surface area contributed by atoms with Gasteiger partial charge in [0, 0.05) is 19.7 Å². The van der Waals surface area contributed by atoms with E-state index in [0.717, 1.165) is 11.1 Å². The second-order valence-electron chi connectivity index (χ2n) is 7.09. The summed E-state index contributed by atoms with van der Waals surface area (Å²) >= 11 is 0. The van der Waals surface area contributed by atoms with Crippen molar-refractivity contribution in [2.24, 2.45) is 0 Å². The van der Waals surface area contributed by atoms with Crippen molar-refractivity contribution in [3.05, 3.63) is 108 Å². The minimum Gasteiger partial charge on any atom is -0.333 e. The van der Waals surface area contributed by atoms with Gasteiger partial charge in [0.15, 0.2) is 5.54 Å². The van der Waals surface area contributed by atoms with Crippen molar-refractivity contribution in [2.45, 2.75) is 11.6 Å². The SMILES string of the molecule is CN1C(=O)[C@](c2ccccc2)(N(C)C(=O)c2ccccc2)[C@@H]1c1ccccc1. The third-order valence-corrected chi connectivity index (χ3v) is 5.61. The van der Waals surface area contributed by atoms with E-state index >= 15 is 0 Å². The molecule has 1 heterocycles. The zero-order chi connectivity index (χ0) is 19.7. The Hall–Kier alpha value is -3.40. The van der Waals surface area contributed by atoms with Gasteiger partial charge in [0.05, 0.1) is 6.04 Å². The average Bonchev–Trinajstić information content (AvgIpc) is 2.77. The zero-order valence-electron chi connectivity index (χ0n) is 15.9. The fraction of sp³-hybridized carbons (Fsp3) is 0.167. The van der Waals surface area contributed by atoms with Gasteiger partial charge in [-0.2, -0.15) is 0 Å². The summed E-state index contributed by atoms with van der Waals surface area (Å²) < 4.78 is 0. The van der Waals surface area contributed by atoms with E-state index in [1.165, 1.54) is 0 Å². The van der Waals surface area contributed by atoms with Crippen LogP contribution in [0.5, 0.6) is 0 Å². The summed E-state index contributed by atoms with van der Waals surface area (Å²) in [4.78, 5) is 30.0. The lowest BCUT2D eigenvalue weighted by Gasteiger charge is -2.58. The van der Waals surface area contributed by atoms with E-state index < -0.39 is 5.54 Å². The Labute approximate surface area is 165 Å². The average molecular weight is 370 g/mol. The second-order valence-corrected chi connectivity index (χ2v) is 7.09. The molecule has 0 radical (unpaired) electrons. The summed E-state index contributed by atoms with van der Waals surface area (Å²) in [7, 11) is 3.52. The first-order valence-corrected chi connectivity index (χ1v) is 9.29. The van der Waals surface area contributed by atoms with Crippen LogP contribution in [0.2, 0.25) is 0 Å². The summed E-state index contributed by atoms with van der Waals surface area (Å²) in [6, 6.07) is 28.3. The van der Waals surface area contributed by atoms with Crippen LogP contribution in [0.15, 0.2) is 91.0 Å². The Kier molecular flexibility index (Phi) is 4.47. The topological polar surface area (TPSA) is 40.6 Å². The van der Waals surface area contributed by atoms with Gasteiger partial charge in [-0.15, -0.1) is 0 Å². The number of benzene rings is 3. The molecule has 1 aliphatic rings. The molecule has 4 heteroatoms. The monoisotopic (exact) mass is 370 g/mol. The highest BCUT2D eigenvalue weighted by molar-refractivity contribution is 6.03. The Morgan fingerprint density at radius 3 is 1.93 bits per heavy atom. The van der Waals surface area contributed by atoms with Gasteiger partial charge in [0.1, 0.15) is 0 Å². The quantitative estimate of drug-likeness (QED) is 0.654. The van der Waals surface area contributed by atoms with E-state index in [1.54, 1.807) is 36.0 Å². The van der Waals surface area contributed by atoms with Crippen molar-refractivity contribution in [1.29, 1.82) is 0 Å². The second kappa shape index (κ2) is 6.97. The van der Waals surface area contributed by atoms with Crippen LogP contribution in [0, 0.1) is 0 Å². The number of nitrogens with zero attached hydrogens (tertiary/aromatic N) is 2. The third kappa shape index (κ3) is 2.53. The lowest BCUT2D eigenvalue weighted by atomic mass is 9.69. The van der Waals surface area contributed by atoms with Crippen LogP contribution in [0.1, 0.15) is 27.5 Å². The van der Waals surface area contributed by atoms with Crippen LogP contribution >= 0.6 is 0 Å². The van der Waals surface area contributed by atoms with Gasteiger partial charge < -0.3 is 9.80 Å². The van der Waals surface area contributed by atoms with E-state index in [2.05, 4.69) is 0 Å². The Bertz CT molecular complexity index is 989. The van der Waals surface area contributed by atoms with Crippen molar-refractivity contribution >= 4 is 11.8 Å². The number of amides is 2. The summed E-state index contributed by atoms with van der Waals surface area (Å²) in [5, 5.41) is 0. The number of likely N-dealkylation sites (N-methyl/N-ethyl adjacent to an activating group) is 2. The molecule has 0 unspecified atom stereocenters. The molecule has 1 fully saturated rings. The van der Waals surface area contributed by atoms with E-state index in [9.17, 15) is 9.59 Å². The molecule has 4 rings (SSSR count). The summed E-state index contributed by atoms with van der Waals surface area (Å²) in [6.45, 7) is 0. The molecule has 3 aromatic rings. The molecule has 2 atom stereocenters. The van der Waals surface area contributed by atoms with Crippen LogP contribution in [-0.2, 0) is 10.3 Å². The summed E-state index contributed by atoms with van der Waals surface area (Å²) in [5.41, 5.74) is 1.30. The standard InChI is InChI=1S/C24H22N2O2/c1-25-21(18-12-6-3-7-13-18)24(23(25)28,20-16-10-5-11-17-20)26(2)22(27)19-14-8-4-9-15-19/h3-17,21H,1-2H3/t21-,24+/m0/s1. The molecule has 2 amide bonds. The molecule has 140 valence electrons. The maximum atomic E-state index is 13.4. The molecule has 0 bridgehead atoms. The Balaban J connectivity index is 1.88. The number of β-lactam (4-membered cyclic amide) rings is 1. The lowest BCUT2D eigenvalue weighted by Crippen LogP contribution is -2.72. The fourth-order valence-electron chi connectivity index (χ4n) is 4.25. The van der Waals surface area contributed by atoms with Crippen LogP contribution in [0.3, 0.4) is 0 Å². The van der Waals surface area contributed by atoms with E-state index in [1.807, 2.05) is 78.9 Å².